The number of nitrogens with zero attached hydrogens (tertiary/aromatic N) is 3. The largest absolute Gasteiger partial charge is 0.304 e. The molecule has 0 aliphatic heterocycles. The highest BCUT2D eigenvalue weighted by molar-refractivity contribution is 7.27. The van der Waals surface area contributed by atoms with E-state index in [-0.39, 0.29) is 0 Å². The molecule has 286 valence electrons. The first kappa shape index (κ1) is 35.2. The van der Waals surface area contributed by atoms with Gasteiger partial charge in [0.1, 0.15) is 12.1 Å². The number of nitriles is 2. The second-order valence-electron chi connectivity index (χ2n) is 15.7. The van der Waals surface area contributed by atoms with Gasteiger partial charge < -0.3 is 4.57 Å². The lowest BCUT2D eigenvalue weighted by Gasteiger charge is -2.24. The Morgan fingerprint density at radius 1 is 0.339 bits per heavy atom. The molecule has 0 bridgehead atoms. The molecule has 0 radical (unpaired) electrons. The van der Waals surface area contributed by atoms with Crippen LogP contribution in [0.25, 0.3) is 121 Å². The monoisotopic (exact) mass is 839 g/mol. The Bertz CT molecular complexity index is 3990. The lowest BCUT2D eigenvalue weighted by molar-refractivity contribution is 1.18. The average Bonchev–Trinajstić information content (AvgIpc) is 4.09. The van der Waals surface area contributed by atoms with Crippen LogP contribution in [0, 0.1) is 22.7 Å². The van der Waals surface area contributed by atoms with Crippen LogP contribution in [0.3, 0.4) is 0 Å². The smallest absolute Gasteiger partial charge is 0.102 e. The number of fused-ring (bicyclic) bond motifs is 14. The number of hydrogen-bond donors (Lipinski definition) is 0. The Balaban J connectivity index is 1.32. The van der Waals surface area contributed by atoms with Crippen LogP contribution in [-0.4, -0.2) is 4.57 Å². The molecule has 0 amide bonds. The molecule has 0 saturated carbocycles. The van der Waals surface area contributed by atoms with Gasteiger partial charge in [0.2, 0.25) is 0 Å². The molecular formula is C56H29N3S3. The molecule has 4 heterocycles. The molecule has 0 aliphatic carbocycles. The van der Waals surface area contributed by atoms with Crippen molar-refractivity contribution in [3.63, 3.8) is 0 Å². The van der Waals surface area contributed by atoms with Crippen molar-refractivity contribution in [3.8, 4) is 51.2 Å². The van der Waals surface area contributed by atoms with Gasteiger partial charge in [-0.3, -0.25) is 0 Å². The fourth-order valence-corrected chi connectivity index (χ4v) is 13.5. The van der Waals surface area contributed by atoms with E-state index in [1.165, 1.54) is 46.4 Å². The lowest BCUT2D eigenvalue weighted by Crippen LogP contribution is -2.08. The molecule has 0 spiro atoms. The Morgan fingerprint density at radius 3 is 1.32 bits per heavy atom. The topological polar surface area (TPSA) is 52.5 Å². The normalized spacial score (nSPS) is 11.8. The summed E-state index contributed by atoms with van der Waals surface area (Å²) in [6.07, 6.45) is 0. The second kappa shape index (κ2) is 13.5. The molecule has 9 aromatic carbocycles. The molecule has 13 rings (SSSR count). The van der Waals surface area contributed by atoms with Crippen LogP contribution in [0.15, 0.2) is 176 Å². The molecule has 0 saturated heterocycles. The minimum atomic E-state index is 0.466. The van der Waals surface area contributed by atoms with Gasteiger partial charge in [0, 0.05) is 78.6 Å². The molecule has 0 atom stereocenters. The molecule has 62 heavy (non-hydrogen) atoms. The maximum atomic E-state index is 11.9. The Kier molecular flexibility index (Phi) is 7.64. The van der Waals surface area contributed by atoms with E-state index in [4.69, 9.17) is 0 Å². The van der Waals surface area contributed by atoms with Crippen molar-refractivity contribution >= 4 is 116 Å². The van der Waals surface area contributed by atoms with Crippen LogP contribution in [-0.2, 0) is 0 Å². The molecule has 4 aromatic heterocycles. The number of benzene rings is 9. The van der Waals surface area contributed by atoms with E-state index in [1.807, 2.05) is 36.4 Å². The van der Waals surface area contributed by atoms with Crippen molar-refractivity contribution < 1.29 is 0 Å². The van der Waals surface area contributed by atoms with E-state index >= 15 is 0 Å². The zero-order valence-corrected chi connectivity index (χ0v) is 35.3. The zero-order chi connectivity index (χ0) is 41.1. The predicted molar refractivity (Wildman–Crippen MR) is 265 cm³/mol. The van der Waals surface area contributed by atoms with E-state index < -0.39 is 0 Å². The molecule has 0 N–H and O–H groups in total. The SMILES string of the molecule is N#Cc1c(-c2ccccc2)c(C#N)c(-n2c3c(ccc4c5ccccc5sc43)c3ccc4c5ccccc5sc4c32)c(-c2ccccc2)c1-c1ccc2c(c1)sc1ccccc12. The molecule has 0 fully saturated rings. The predicted octanol–water partition coefficient (Wildman–Crippen LogP) is 16.6. The highest BCUT2D eigenvalue weighted by Crippen LogP contribution is 2.53. The van der Waals surface area contributed by atoms with Crippen molar-refractivity contribution in [2.75, 3.05) is 0 Å². The molecule has 6 heteroatoms. The Labute approximate surface area is 367 Å². The standard InChI is InChI=1S/C56H29N3S3/c57-30-43-49(32-13-3-1-4-14-32)44(31-58)52(51(33-15-5-2-6-16-33)50(43)34-23-24-38-35-17-7-10-20-45(35)60-48(38)29-34)59-53-39(25-27-41-36-18-8-11-21-46(36)61-55(41)53)40-26-28-42-37-19-9-12-22-47(37)62-56(42)54(40)59/h1-29H. The average molecular weight is 840 g/mol. The summed E-state index contributed by atoms with van der Waals surface area (Å²) >= 11 is 5.37. The van der Waals surface area contributed by atoms with Crippen molar-refractivity contribution in [2.45, 2.75) is 0 Å². The summed E-state index contributed by atoms with van der Waals surface area (Å²) in [7, 11) is 0. The van der Waals surface area contributed by atoms with Gasteiger partial charge >= 0.3 is 0 Å². The number of rotatable bonds is 4. The number of aromatic nitrogens is 1. The third-order valence-corrected chi connectivity index (χ3v) is 16.0. The third-order valence-electron chi connectivity index (χ3n) is 12.5. The van der Waals surface area contributed by atoms with Crippen LogP contribution in [0.1, 0.15) is 11.1 Å². The highest BCUT2D eigenvalue weighted by atomic mass is 32.1. The van der Waals surface area contributed by atoms with Crippen molar-refractivity contribution in [1.29, 1.82) is 10.5 Å². The summed E-state index contributed by atoms with van der Waals surface area (Å²) in [5.74, 6) is 0. The molecular weight excluding hydrogens is 811 g/mol. The minimum Gasteiger partial charge on any atom is -0.304 e. The van der Waals surface area contributed by atoms with Crippen molar-refractivity contribution in [1.82, 2.24) is 4.57 Å². The van der Waals surface area contributed by atoms with Crippen molar-refractivity contribution in [3.05, 3.63) is 187 Å². The molecule has 3 nitrogen and oxygen atoms in total. The molecule has 13 aromatic rings. The van der Waals surface area contributed by atoms with Crippen LogP contribution in [0.2, 0.25) is 0 Å². The summed E-state index contributed by atoms with van der Waals surface area (Å²) in [6.45, 7) is 0. The number of hydrogen-bond acceptors (Lipinski definition) is 5. The highest BCUT2D eigenvalue weighted by Gasteiger charge is 2.31. The quantitative estimate of drug-likeness (QED) is 0.177. The van der Waals surface area contributed by atoms with E-state index in [1.54, 1.807) is 34.0 Å². The summed E-state index contributed by atoms with van der Waals surface area (Å²) < 4.78 is 9.55. The van der Waals surface area contributed by atoms with Crippen LogP contribution in [0.4, 0.5) is 0 Å². The fraction of sp³-hybridized carbons (Fsp3) is 0. The maximum Gasteiger partial charge on any atom is 0.102 e. The second-order valence-corrected chi connectivity index (χ2v) is 18.9. The minimum absolute atomic E-state index is 0.466. The fourth-order valence-electron chi connectivity index (χ4n) is 9.89. The van der Waals surface area contributed by atoms with Gasteiger partial charge in [-0.15, -0.1) is 34.0 Å². The zero-order valence-electron chi connectivity index (χ0n) is 32.8. The van der Waals surface area contributed by atoms with Gasteiger partial charge in [-0.25, -0.2) is 0 Å². The van der Waals surface area contributed by atoms with Gasteiger partial charge in [-0.05, 0) is 41.0 Å². The molecule has 0 unspecified atom stereocenters. The summed E-state index contributed by atoms with van der Waals surface area (Å²) in [5, 5.41) is 32.9. The third kappa shape index (κ3) is 4.89. The Hall–Kier alpha value is -7.58. The van der Waals surface area contributed by atoms with Gasteiger partial charge in [0.25, 0.3) is 0 Å². The molecule has 0 aliphatic rings. The van der Waals surface area contributed by atoms with Gasteiger partial charge in [-0.1, -0.05) is 152 Å². The van der Waals surface area contributed by atoms with Crippen LogP contribution in [0.5, 0.6) is 0 Å². The number of thiophene rings is 3. The van der Waals surface area contributed by atoms with E-state index in [2.05, 4.69) is 156 Å². The summed E-state index contributed by atoms with van der Waals surface area (Å²) in [6, 6.07) is 67.5. The van der Waals surface area contributed by atoms with E-state index in [0.717, 1.165) is 69.4 Å². The lowest BCUT2D eigenvalue weighted by atomic mass is 9.81. The van der Waals surface area contributed by atoms with Crippen molar-refractivity contribution in [2.24, 2.45) is 0 Å². The van der Waals surface area contributed by atoms with Gasteiger partial charge in [0.05, 0.1) is 37.2 Å². The maximum absolute atomic E-state index is 11.9. The first-order valence-electron chi connectivity index (χ1n) is 20.5. The first-order chi connectivity index (χ1) is 30.7. The van der Waals surface area contributed by atoms with E-state index in [9.17, 15) is 10.5 Å². The van der Waals surface area contributed by atoms with Gasteiger partial charge in [-0.2, -0.15) is 10.5 Å². The van der Waals surface area contributed by atoms with E-state index in [0.29, 0.717) is 16.7 Å². The first-order valence-corrected chi connectivity index (χ1v) is 22.9. The Morgan fingerprint density at radius 2 is 0.774 bits per heavy atom. The van der Waals surface area contributed by atoms with Gasteiger partial charge in [0.15, 0.2) is 0 Å². The summed E-state index contributed by atoms with van der Waals surface area (Å²) in [4.78, 5) is 0. The summed E-state index contributed by atoms with van der Waals surface area (Å²) in [5.41, 5.74) is 8.84. The van der Waals surface area contributed by atoms with Crippen LogP contribution < -0.4 is 0 Å². The van der Waals surface area contributed by atoms with Crippen LogP contribution >= 0.6 is 34.0 Å².